The Balaban J connectivity index is 2.24. The molecule has 18 heavy (non-hydrogen) atoms. The molecule has 1 aromatic carbocycles. The molecule has 0 bridgehead atoms. The summed E-state index contributed by atoms with van der Waals surface area (Å²) in [4.78, 5) is 14.9. The van der Waals surface area contributed by atoms with E-state index in [0.29, 0.717) is 5.52 Å². The van der Waals surface area contributed by atoms with Crippen LogP contribution >= 0.6 is 0 Å². The molecular weight excluding hydrogens is 224 g/mol. The standard InChI is InChI=1S/C15H12N2O/c1-11-5-7-12(8-6-11)13-10-17-9-3-2-4-14(17)15(18)16-13/h2-10H,1H3/p+1. The van der Waals surface area contributed by atoms with Gasteiger partial charge in [-0.1, -0.05) is 29.8 Å². The van der Waals surface area contributed by atoms with Crippen LogP contribution in [0.25, 0.3) is 16.8 Å². The van der Waals surface area contributed by atoms with E-state index in [0.717, 1.165) is 11.3 Å². The van der Waals surface area contributed by atoms with Crippen molar-refractivity contribution in [3.8, 4) is 11.3 Å². The van der Waals surface area contributed by atoms with Crippen LogP contribution in [0.2, 0.25) is 0 Å². The number of hydrogen-bond acceptors (Lipinski definition) is 1. The van der Waals surface area contributed by atoms with Crippen molar-refractivity contribution in [3.05, 3.63) is 70.8 Å². The second-order valence-corrected chi connectivity index (χ2v) is 4.36. The first kappa shape index (κ1) is 10.7. The van der Waals surface area contributed by atoms with Crippen molar-refractivity contribution >= 4 is 5.52 Å². The molecule has 3 nitrogen and oxygen atoms in total. The summed E-state index contributed by atoms with van der Waals surface area (Å²) in [7, 11) is 0. The van der Waals surface area contributed by atoms with Crippen LogP contribution in [0, 0.1) is 6.92 Å². The highest BCUT2D eigenvalue weighted by atomic mass is 16.1. The van der Waals surface area contributed by atoms with Gasteiger partial charge in [0.2, 0.25) is 0 Å². The van der Waals surface area contributed by atoms with E-state index >= 15 is 0 Å². The second-order valence-electron chi connectivity index (χ2n) is 4.36. The van der Waals surface area contributed by atoms with E-state index in [1.54, 1.807) is 6.07 Å². The van der Waals surface area contributed by atoms with Gasteiger partial charge in [-0.3, -0.25) is 4.79 Å². The molecule has 0 fully saturated rings. The topological polar surface area (TPSA) is 37.0 Å². The van der Waals surface area contributed by atoms with Gasteiger partial charge in [-0.05, 0) is 13.0 Å². The number of benzene rings is 1. The minimum Gasteiger partial charge on any atom is -0.311 e. The number of hydrogen-bond donors (Lipinski definition) is 1. The SMILES string of the molecule is Cc1ccc(-c2c[n+]3ccccc3c(=O)[nH]2)cc1. The first-order valence-electron chi connectivity index (χ1n) is 5.84. The maximum absolute atomic E-state index is 12.0. The summed E-state index contributed by atoms with van der Waals surface area (Å²) < 4.78 is 1.84. The van der Waals surface area contributed by atoms with Gasteiger partial charge < -0.3 is 4.98 Å². The van der Waals surface area contributed by atoms with Gasteiger partial charge >= 0.3 is 5.56 Å². The quantitative estimate of drug-likeness (QED) is 0.646. The van der Waals surface area contributed by atoms with Crippen LogP contribution in [-0.4, -0.2) is 4.98 Å². The number of pyridine rings is 1. The number of aromatic amines is 1. The summed E-state index contributed by atoms with van der Waals surface area (Å²) in [5.74, 6) is 0. The van der Waals surface area contributed by atoms with E-state index in [-0.39, 0.29) is 5.56 Å². The van der Waals surface area contributed by atoms with E-state index in [9.17, 15) is 4.79 Å². The average Bonchev–Trinajstić information content (AvgIpc) is 2.39. The minimum atomic E-state index is -0.0753. The fraction of sp³-hybridized carbons (Fsp3) is 0.0667. The van der Waals surface area contributed by atoms with Crippen LogP contribution < -0.4 is 9.96 Å². The third-order valence-electron chi connectivity index (χ3n) is 3.00. The molecule has 0 atom stereocenters. The molecule has 0 aliphatic rings. The smallest absolute Gasteiger partial charge is 0.311 e. The van der Waals surface area contributed by atoms with Crippen molar-refractivity contribution in [1.82, 2.24) is 4.98 Å². The summed E-state index contributed by atoms with van der Waals surface area (Å²) in [5, 5.41) is 0. The van der Waals surface area contributed by atoms with E-state index in [1.165, 1.54) is 5.56 Å². The lowest BCUT2D eigenvalue weighted by atomic mass is 10.1. The summed E-state index contributed by atoms with van der Waals surface area (Å²) in [6, 6.07) is 13.7. The molecule has 88 valence electrons. The molecule has 3 heteroatoms. The van der Waals surface area contributed by atoms with Crippen molar-refractivity contribution in [2.75, 3.05) is 0 Å². The van der Waals surface area contributed by atoms with Gasteiger partial charge in [-0.15, -0.1) is 0 Å². The normalized spacial score (nSPS) is 10.7. The highest BCUT2D eigenvalue weighted by Crippen LogP contribution is 2.14. The second kappa shape index (κ2) is 4.11. The van der Waals surface area contributed by atoms with Crippen molar-refractivity contribution in [1.29, 1.82) is 0 Å². The Morgan fingerprint density at radius 3 is 2.61 bits per heavy atom. The molecule has 0 unspecified atom stereocenters. The number of aromatic nitrogens is 2. The minimum absolute atomic E-state index is 0.0753. The molecule has 0 spiro atoms. The van der Waals surface area contributed by atoms with Crippen molar-refractivity contribution in [3.63, 3.8) is 0 Å². The molecule has 0 radical (unpaired) electrons. The van der Waals surface area contributed by atoms with Gasteiger partial charge in [0.15, 0.2) is 12.4 Å². The molecule has 0 saturated heterocycles. The molecule has 3 rings (SSSR count). The maximum atomic E-state index is 12.0. The van der Waals surface area contributed by atoms with E-state index in [1.807, 2.05) is 60.1 Å². The van der Waals surface area contributed by atoms with Gasteiger partial charge in [0, 0.05) is 17.7 Å². The van der Waals surface area contributed by atoms with Crippen LogP contribution in [0.3, 0.4) is 0 Å². The zero-order valence-corrected chi connectivity index (χ0v) is 10.1. The highest BCUT2D eigenvalue weighted by Gasteiger charge is 2.09. The Labute approximate surface area is 104 Å². The first-order chi connectivity index (χ1) is 8.74. The van der Waals surface area contributed by atoms with Crippen LogP contribution in [0.5, 0.6) is 0 Å². The molecular formula is C15H13N2O+. The van der Waals surface area contributed by atoms with E-state index in [4.69, 9.17) is 0 Å². The van der Waals surface area contributed by atoms with Crippen molar-refractivity contribution in [2.45, 2.75) is 6.92 Å². The summed E-state index contributed by atoms with van der Waals surface area (Å²) in [6.07, 6.45) is 3.81. The lowest BCUT2D eigenvalue weighted by Gasteiger charge is -2.00. The highest BCUT2D eigenvalue weighted by molar-refractivity contribution is 5.58. The third-order valence-corrected chi connectivity index (χ3v) is 3.00. The number of fused-ring (bicyclic) bond motifs is 1. The lowest BCUT2D eigenvalue weighted by Crippen LogP contribution is -2.29. The zero-order valence-electron chi connectivity index (χ0n) is 10.1. The monoisotopic (exact) mass is 237 g/mol. The fourth-order valence-electron chi connectivity index (χ4n) is 2.00. The Morgan fingerprint density at radius 1 is 1.06 bits per heavy atom. The number of H-pyrrole nitrogens is 1. The Morgan fingerprint density at radius 2 is 1.83 bits per heavy atom. The molecule has 0 aliphatic carbocycles. The Kier molecular flexibility index (Phi) is 2.45. The van der Waals surface area contributed by atoms with E-state index in [2.05, 4.69) is 4.98 Å². The van der Waals surface area contributed by atoms with Crippen LogP contribution in [0.1, 0.15) is 5.56 Å². The number of nitrogens with zero attached hydrogens (tertiary/aromatic N) is 1. The third kappa shape index (κ3) is 1.80. The van der Waals surface area contributed by atoms with E-state index < -0.39 is 0 Å². The van der Waals surface area contributed by atoms with Crippen LogP contribution in [0.15, 0.2) is 59.7 Å². The maximum Gasteiger partial charge on any atom is 0.321 e. The van der Waals surface area contributed by atoms with Crippen LogP contribution in [-0.2, 0) is 0 Å². The van der Waals surface area contributed by atoms with Gasteiger partial charge in [-0.25, -0.2) is 0 Å². The van der Waals surface area contributed by atoms with Gasteiger partial charge in [-0.2, -0.15) is 4.40 Å². The number of rotatable bonds is 1. The fourth-order valence-corrected chi connectivity index (χ4v) is 2.00. The molecule has 0 aliphatic heterocycles. The zero-order chi connectivity index (χ0) is 12.5. The molecule has 2 heterocycles. The van der Waals surface area contributed by atoms with Crippen molar-refractivity contribution in [2.24, 2.45) is 0 Å². The predicted octanol–water partition coefficient (Wildman–Crippen LogP) is 2.09. The number of nitrogens with one attached hydrogen (secondary N) is 1. The Bertz CT molecular complexity index is 757. The summed E-state index contributed by atoms with van der Waals surface area (Å²) >= 11 is 0. The molecule has 3 aromatic rings. The number of aryl methyl sites for hydroxylation is 1. The van der Waals surface area contributed by atoms with Gasteiger partial charge in [0.25, 0.3) is 5.52 Å². The summed E-state index contributed by atoms with van der Waals surface area (Å²) in [5.41, 5.74) is 3.61. The molecule has 0 saturated carbocycles. The molecule has 1 N–H and O–H groups in total. The van der Waals surface area contributed by atoms with Crippen molar-refractivity contribution < 1.29 is 4.40 Å². The molecule has 2 aromatic heterocycles. The van der Waals surface area contributed by atoms with Gasteiger partial charge in [0.1, 0.15) is 5.69 Å². The van der Waals surface area contributed by atoms with Gasteiger partial charge in [0.05, 0.1) is 0 Å². The lowest BCUT2D eigenvalue weighted by molar-refractivity contribution is -0.512. The predicted molar refractivity (Wildman–Crippen MR) is 70.4 cm³/mol. The average molecular weight is 237 g/mol. The first-order valence-corrected chi connectivity index (χ1v) is 5.84. The molecule has 0 amide bonds. The van der Waals surface area contributed by atoms with Crippen LogP contribution in [0.4, 0.5) is 0 Å². The Hall–Kier alpha value is -2.42. The summed E-state index contributed by atoms with van der Waals surface area (Å²) in [6.45, 7) is 2.04. The largest absolute Gasteiger partial charge is 0.321 e.